The van der Waals surface area contributed by atoms with Gasteiger partial charge in [0.2, 0.25) is 5.91 Å². The summed E-state index contributed by atoms with van der Waals surface area (Å²) in [7, 11) is 0. The first-order chi connectivity index (χ1) is 8.24. The van der Waals surface area contributed by atoms with E-state index in [9.17, 15) is 4.79 Å². The van der Waals surface area contributed by atoms with Crippen LogP contribution in [0.25, 0.3) is 0 Å². The van der Waals surface area contributed by atoms with Gasteiger partial charge in [0.1, 0.15) is 5.01 Å². The van der Waals surface area contributed by atoms with Crippen molar-refractivity contribution >= 4 is 42.1 Å². The Labute approximate surface area is 129 Å². The summed E-state index contributed by atoms with van der Waals surface area (Å²) in [5.41, 5.74) is 1.00. The molecule has 1 aromatic heterocycles. The quantitative estimate of drug-likeness (QED) is 0.874. The van der Waals surface area contributed by atoms with Gasteiger partial charge in [-0.2, -0.15) is 0 Å². The maximum Gasteiger partial charge on any atom is 0.222 e. The molecule has 1 aliphatic rings. The number of aromatic nitrogens is 1. The first kappa shape index (κ1) is 18.6. The van der Waals surface area contributed by atoms with E-state index in [0.717, 1.165) is 23.9 Å². The van der Waals surface area contributed by atoms with Crippen molar-refractivity contribution in [3.63, 3.8) is 0 Å². The zero-order valence-electron chi connectivity index (χ0n) is 10.7. The van der Waals surface area contributed by atoms with Gasteiger partial charge in [0.25, 0.3) is 0 Å². The number of thiazole rings is 1. The lowest BCUT2D eigenvalue weighted by Crippen LogP contribution is -2.44. The van der Waals surface area contributed by atoms with E-state index in [4.69, 9.17) is 4.74 Å². The number of carbonyl (C=O) groups excluding carboxylic acids is 1. The number of hydrogen-bond acceptors (Lipinski definition) is 5. The summed E-state index contributed by atoms with van der Waals surface area (Å²) in [5, 5.41) is 9.06. The summed E-state index contributed by atoms with van der Waals surface area (Å²) in [6.07, 6.45) is 0.463. The van der Waals surface area contributed by atoms with E-state index in [0.29, 0.717) is 19.6 Å². The SMILES string of the molecule is Cc1csc(CNC(=O)CC2COCCN2)n1.Cl.Cl. The van der Waals surface area contributed by atoms with Crippen LogP contribution in [0.1, 0.15) is 17.1 Å². The van der Waals surface area contributed by atoms with Gasteiger partial charge < -0.3 is 15.4 Å². The second-order valence-electron chi connectivity index (χ2n) is 4.09. The molecule has 1 saturated heterocycles. The molecule has 1 atom stereocenters. The minimum absolute atomic E-state index is 0. The number of carbonyl (C=O) groups is 1. The molecule has 2 rings (SSSR count). The maximum absolute atomic E-state index is 11.7. The van der Waals surface area contributed by atoms with Crippen LogP contribution in [0.4, 0.5) is 0 Å². The second kappa shape index (κ2) is 9.50. The van der Waals surface area contributed by atoms with E-state index in [-0.39, 0.29) is 36.8 Å². The van der Waals surface area contributed by atoms with E-state index < -0.39 is 0 Å². The molecule has 1 fully saturated rings. The zero-order chi connectivity index (χ0) is 12.1. The zero-order valence-corrected chi connectivity index (χ0v) is 13.1. The monoisotopic (exact) mass is 327 g/mol. The predicted octanol–water partition coefficient (Wildman–Crippen LogP) is 1.29. The molecule has 0 radical (unpaired) electrons. The van der Waals surface area contributed by atoms with E-state index in [1.165, 1.54) is 0 Å². The van der Waals surface area contributed by atoms with Crippen molar-refractivity contribution in [2.45, 2.75) is 25.9 Å². The van der Waals surface area contributed by atoms with E-state index in [1.54, 1.807) is 11.3 Å². The molecule has 0 saturated carbocycles. The normalized spacial score (nSPS) is 18.1. The lowest BCUT2D eigenvalue weighted by atomic mass is 10.2. The van der Waals surface area contributed by atoms with Gasteiger partial charge in [0.15, 0.2) is 0 Å². The molecule has 1 aromatic rings. The van der Waals surface area contributed by atoms with Crippen LogP contribution in [0.3, 0.4) is 0 Å². The highest BCUT2D eigenvalue weighted by Gasteiger charge is 2.16. The molecular weight excluding hydrogens is 309 g/mol. The van der Waals surface area contributed by atoms with Crippen LogP contribution in [0, 0.1) is 6.92 Å². The summed E-state index contributed by atoms with van der Waals surface area (Å²) >= 11 is 1.57. The van der Waals surface area contributed by atoms with Gasteiger partial charge >= 0.3 is 0 Å². The number of ether oxygens (including phenoxy) is 1. The number of rotatable bonds is 4. The van der Waals surface area contributed by atoms with Gasteiger partial charge in [-0.25, -0.2) is 4.98 Å². The van der Waals surface area contributed by atoms with Crippen molar-refractivity contribution in [2.75, 3.05) is 19.8 Å². The molecule has 2 N–H and O–H groups in total. The number of morpholine rings is 1. The third-order valence-corrected chi connectivity index (χ3v) is 3.50. The molecule has 1 unspecified atom stereocenters. The fourth-order valence-electron chi connectivity index (χ4n) is 1.70. The minimum Gasteiger partial charge on any atom is -0.378 e. The van der Waals surface area contributed by atoms with Crippen molar-refractivity contribution in [2.24, 2.45) is 0 Å². The lowest BCUT2D eigenvalue weighted by molar-refractivity contribution is -0.122. The first-order valence-electron chi connectivity index (χ1n) is 5.73. The summed E-state index contributed by atoms with van der Waals surface area (Å²) in [6, 6.07) is 0.141. The first-order valence-corrected chi connectivity index (χ1v) is 6.61. The minimum atomic E-state index is 0. The number of halogens is 2. The summed E-state index contributed by atoms with van der Waals surface area (Å²) in [5.74, 6) is 0.0425. The number of hydrogen-bond donors (Lipinski definition) is 2. The fourth-order valence-corrected chi connectivity index (χ4v) is 2.42. The van der Waals surface area contributed by atoms with E-state index in [2.05, 4.69) is 15.6 Å². The van der Waals surface area contributed by atoms with Gasteiger partial charge in [0.05, 0.1) is 19.8 Å². The number of aryl methyl sites for hydroxylation is 1. The number of amides is 1. The highest BCUT2D eigenvalue weighted by molar-refractivity contribution is 7.09. The van der Waals surface area contributed by atoms with Gasteiger partial charge in [0, 0.05) is 30.1 Å². The average molecular weight is 328 g/mol. The predicted molar refractivity (Wildman–Crippen MR) is 80.4 cm³/mol. The van der Waals surface area contributed by atoms with Crippen LogP contribution in [0.5, 0.6) is 0 Å². The molecule has 8 heteroatoms. The Morgan fingerprint density at radius 3 is 3.00 bits per heavy atom. The molecule has 0 bridgehead atoms. The van der Waals surface area contributed by atoms with Gasteiger partial charge in [-0.1, -0.05) is 0 Å². The molecule has 5 nitrogen and oxygen atoms in total. The smallest absolute Gasteiger partial charge is 0.222 e. The number of nitrogens with one attached hydrogen (secondary N) is 2. The molecule has 0 aromatic carbocycles. The van der Waals surface area contributed by atoms with Crippen molar-refractivity contribution in [3.8, 4) is 0 Å². The van der Waals surface area contributed by atoms with Crippen molar-refractivity contribution in [1.82, 2.24) is 15.6 Å². The summed E-state index contributed by atoms with van der Waals surface area (Å²) < 4.78 is 5.30. The average Bonchev–Trinajstić information content (AvgIpc) is 2.74. The fraction of sp³-hybridized carbons (Fsp3) is 0.636. The third kappa shape index (κ3) is 6.54. The Hall–Kier alpha value is -0.400. The molecule has 1 amide bonds. The van der Waals surface area contributed by atoms with Crippen LogP contribution >= 0.6 is 36.2 Å². The van der Waals surface area contributed by atoms with Gasteiger partial charge in [-0.15, -0.1) is 36.2 Å². The largest absolute Gasteiger partial charge is 0.378 e. The van der Waals surface area contributed by atoms with Crippen molar-refractivity contribution in [3.05, 3.63) is 16.1 Å². The van der Waals surface area contributed by atoms with E-state index >= 15 is 0 Å². The van der Waals surface area contributed by atoms with Crippen molar-refractivity contribution < 1.29 is 9.53 Å². The van der Waals surface area contributed by atoms with Crippen LogP contribution in [-0.4, -0.2) is 36.7 Å². The molecule has 2 heterocycles. The maximum atomic E-state index is 11.7. The molecular formula is C11H19Cl2N3O2S. The van der Waals surface area contributed by atoms with Gasteiger partial charge in [-0.3, -0.25) is 4.79 Å². The Bertz CT molecular complexity index is 384. The number of nitrogens with zero attached hydrogens (tertiary/aromatic N) is 1. The van der Waals surface area contributed by atoms with Crippen LogP contribution in [0.15, 0.2) is 5.38 Å². The summed E-state index contributed by atoms with van der Waals surface area (Å²) in [6.45, 7) is 4.64. The molecule has 1 aliphatic heterocycles. The topological polar surface area (TPSA) is 63.2 Å². The molecule has 19 heavy (non-hydrogen) atoms. The van der Waals surface area contributed by atoms with Gasteiger partial charge in [-0.05, 0) is 6.92 Å². The Morgan fingerprint density at radius 1 is 1.63 bits per heavy atom. The van der Waals surface area contributed by atoms with Crippen LogP contribution < -0.4 is 10.6 Å². The lowest BCUT2D eigenvalue weighted by Gasteiger charge is -2.23. The van der Waals surface area contributed by atoms with Crippen molar-refractivity contribution in [1.29, 1.82) is 0 Å². The Balaban J connectivity index is 0.00000162. The highest BCUT2D eigenvalue weighted by Crippen LogP contribution is 2.08. The molecule has 0 aliphatic carbocycles. The molecule has 0 spiro atoms. The Kier molecular flexibility index (Phi) is 9.30. The second-order valence-corrected chi connectivity index (χ2v) is 5.03. The third-order valence-electron chi connectivity index (χ3n) is 2.53. The summed E-state index contributed by atoms with van der Waals surface area (Å²) in [4.78, 5) is 16.0. The van der Waals surface area contributed by atoms with Crippen LogP contribution in [-0.2, 0) is 16.1 Å². The molecule has 110 valence electrons. The van der Waals surface area contributed by atoms with E-state index in [1.807, 2.05) is 12.3 Å². The highest BCUT2D eigenvalue weighted by atomic mass is 35.5. The standard InChI is InChI=1S/C11H17N3O2S.2ClH/c1-8-7-17-11(14-8)5-13-10(15)4-9-6-16-3-2-12-9;;/h7,9,12H,2-6H2,1H3,(H,13,15);2*1H. The van der Waals surface area contributed by atoms with Crippen LogP contribution in [0.2, 0.25) is 0 Å². The Morgan fingerprint density at radius 2 is 2.42 bits per heavy atom.